The highest BCUT2D eigenvalue weighted by atomic mass is 32.2. The molecule has 2 rings (SSSR count). The van der Waals surface area contributed by atoms with Gasteiger partial charge < -0.3 is 21.2 Å². The normalized spacial score (nSPS) is 19.2. The summed E-state index contributed by atoms with van der Waals surface area (Å²) in [6.07, 6.45) is 0.827. The fourth-order valence-electron chi connectivity index (χ4n) is 1.74. The third kappa shape index (κ3) is 7.00. The van der Waals surface area contributed by atoms with Crippen molar-refractivity contribution in [1.29, 1.82) is 0 Å². The Morgan fingerprint density at radius 2 is 2.30 bits per heavy atom. The second kappa shape index (κ2) is 8.98. The van der Waals surface area contributed by atoms with Gasteiger partial charge in [-0.2, -0.15) is 8.42 Å². The number of nitrogens with two attached hydrogens (primary N) is 1. The summed E-state index contributed by atoms with van der Waals surface area (Å²) < 4.78 is 30.8. The molecule has 0 unspecified atom stereocenters. The summed E-state index contributed by atoms with van der Waals surface area (Å²) in [5, 5.41) is 9.62. The molecule has 13 nitrogen and oxygen atoms in total. The minimum Gasteiger partial charge on any atom is -0.389 e. The van der Waals surface area contributed by atoms with Crippen LogP contribution in [-0.4, -0.2) is 59.1 Å². The number of carbonyl (C=O) groups is 3. The van der Waals surface area contributed by atoms with Gasteiger partial charge in [-0.1, -0.05) is 5.16 Å². The first-order chi connectivity index (χ1) is 12.6. The number of hydrogen-bond donors (Lipinski definition) is 5. The van der Waals surface area contributed by atoms with E-state index < -0.39 is 39.4 Å². The number of amides is 3. The van der Waals surface area contributed by atoms with E-state index in [9.17, 15) is 22.8 Å². The summed E-state index contributed by atoms with van der Waals surface area (Å²) >= 11 is 2.10. The van der Waals surface area contributed by atoms with E-state index in [0.717, 1.165) is 18.0 Å². The van der Waals surface area contributed by atoms with Gasteiger partial charge in [-0.25, -0.2) is 9.71 Å². The predicted molar refractivity (Wildman–Crippen MR) is 95.8 cm³/mol. The zero-order chi connectivity index (χ0) is 20.0. The summed E-state index contributed by atoms with van der Waals surface area (Å²) in [6, 6.07) is -0.939. The number of oxime groups is 1. The van der Waals surface area contributed by atoms with Crippen molar-refractivity contribution in [3.63, 3.8) is 0 Å². The lowest BCUT2D eigenvalue weighted by Gasteiger charge is -2.35. The number of thiazole rings is 1. The minimum atomic E-state index is -4.65. The van der Waals surface area contributed by atoms with Crippen LogP contribution in [0.3, 0.4) is 0 Å². The number of β-lactam (4-membered cyclic amide) rings is 1. The first-order valence-corrected chi connectivity index (χ1v) is 10.4. The molecule has 27 heavy (non-hydrogen) atoms. The second-order valence-corrected chi connectivity index (χ2v) is 8.09. The van der Waals surface area contributed by atoms with Crippen molar-refractivity contribution in [2.75, 3.05) is 11.5 Å². The van der Waals surface area contributed by atoms with E-state index in [1.807, 2.05) is 0 Å². The number of nitrogen functional groups attached to an aromatic ring is 1. The largest absolute Gasteiger partial charge is 0.389 e. The molecular weight excluding hydrogens is 424 g/mol. The Kier molecular flexibility index (Phi) is 6.94. The molecular formula is C11H14N6O7S3. The first kappa shape index (κ1) is 20.9. The van der Waals surface area contributed by atoms with Crippen molar-refractivity contribution in [2.45, 2.75) is 18.0 Å². The minimum absolute atomic E-state index is 0.0166. The Balaban J connectivity index is 1.72. The number of hydrogen-bond acceptors (Lipinski definition) is 11. The molecule has 1 aromatic rings. The summed E-state index contributed by atoms with van der Waals surface area (Å²) in [6.45, 7) is 0.0166. The van der Waals surface area contributed by atoms with Crippen LogP contribution in [0.15, 0.2) is 10.5 Å². The molecule has 148 valence electrons. The van der Waals surface area contributed by atoms with Gasteiger partial charge in [0.1, 0.15) is 17.6 Å². The molecule has 0 spiro atoms. The molecule has 0 aliphatic carbocycles. The molecule has 1 saturated heterocycles. The highest BCUT2D eigenvalue weighted by Gasteiger charge is 2.40. The van der Waals surface area contributed by atoms with Crippen molar-refractivity contribution in [1.82, 2.24) is 20.3 Å². The van der Waals surface area contributed by atoms with Gasteiger partial charge in [0, 0.05) is 5.38 Å². The standard InChI is InChI=1S/C11H14N6O7S3/c12-11-14-5(3-26-11)2-24-13-1-6(18)15-8-9(20)16-10(8)25-4-7(19)17-27(21,22)23/h1,3,8,10H,2,4H2,(H2,12,14)(H,15,18)(H,16,20)(H,17,19)(H,21,22,23)/t8-,10+/m1/s1. The van der Waals surface area contributed by atoms with Crippen LogP contribution in [0.4, 0.5) is 5.13 Å². The Hall–Kier alpha value is -2.43. The lowest BCUT2D eigenvalue weighted by atomic mass is 10.1. The van der Waals surface area contributed by atoms with E-state index in [2.05, 4.69) is 20.8 Å². The topological polar surface area (TPSA) is 202 Å². The lowest BCUT2D eigenvalue weighted by molar-refractivity contribution is -0.132. The predicted octanol–water partition coefficient (Wildman–Crippen LogP) is -2.18. The zero-order valence-electron chi connectivity index (χ0n) is 13.3. The number of aromatic nitrogens is 1. The molecule has 2 heterocycles. The Bertz CT molecular complexity index is 854. The van der Waals surface area contributed by atoms with Gasteiger partial charge in [0.05, 0.1) is 11.4 Å². The number of anilines is 1. The maximum Gasteiger partial charge on any atom is 0.359 e. The molecule has 0 aromatic carbocycles. The van der Waals surface area contributed by atoms with Crippen molar-refractivity contribution in [3.8, 4) is 0 Å². The van der Waals surface area contributed by atoms with E-state index in [4.69, 9.17) is 15.1 Å². The van der Waals surface area contributed by atoms with Gasteiger partial charge in [0.2, 0.25) is 11.8 Å². The van der Waals surface area contributed by atoms with Crippen molar-refractivity contribution in [2.24, 2.45) is 5.16 Å². The monoisotopic (exact) mass is 438 g/mol. The average Bonchev–Trinajstić information content (AvgIpc) is 2.97. The average molecular weight is 438 g/mol. The van der Waals surface area contributed by atoms with E-state index in [-0.39, 0.29) is 12.4 Å². The second-order valence-electron chi connectivity index (χ2n) is 4.91. The third-order valence-corrected chi connectivity index (χ3v) is 5.22. The molecule has 0 saturated carbocycles. The SMILES string of the molecule is Nc1nc(CON=CC(=O)N[C@@H]2C(=O)N[C@H]2SCC(=O)NS(=O)(=O)O)cs1. The lowest BCUT2D eigenvalue weighted by Crippen LogP contribution is -2.68. The maximum absolute atomic E-state index is 11.7. The smallest absolute Gasteiger partial charge is 0.359 e. The third-order valence-electron chi connectivity index (χ3n) is 2.83. The highest BCUT2D eigenvalue weighted by molar-refractivity contribution is 8.00. The molecule has 0 bridgehead atoms. The van der Waals surface area contributed by atoms with Gasteiger partial charge >= 0.3 is 10.3 Å². The molecule has 1 fully saturated rings. The number of nitrogens with one attached hydrogen (secondary N) is 3. The molecule has 1 aromatic heterocycles. The molecule has 1 aliphatic rings. The van der Waals surface area contributed by atoms with Crippen LogP contribution in [0, 0.1) is 0 Å². The van der Waals surface area contributed by atoms with Crippen LogP contribution in [0.2, 0.25) is 0 Å². The molecule has 1 aliphatic heterocycles. The van der Waals surface area contributed by atoms with Gasteiger partial charge in [0.25, 0.3) is 5.91 Å². The van der Waals surface area contributed by atoms with Crippen LogP contribution in [0.5, 0.6) is 0 Å². The van der Waals surface area contributed by atoms with E-state index in [0.29, 0.717) is 10.8 Å². The van der Waals surface area contributed by atoms with Crippen molar-refractivity contribution in [3.05, 3.63) is 11.1 Å². The zero-order valence-corrected chi connectivity index (χ0v) is 15.8. The number of rotatable bonds is 9. The number of thioether (sulfide) groups is 1. The Morgan fingerprint density at radius 3 is 2.89 bits per heavy atom. The first-order valence-electron chi connectivity index (χ1n) is 7.00. The van der Waals surface area contributed by atoms with Crippen LogP contribution >= 0.6 is 23.1 Å². The van der Waals surface area contributed by atoms with Gasteiger partial charge in [-0.3, -0.25) is 18.9 Å². The van der Waals surface area contributed by atoms with Gasteiger partial charge in [-0.05, 0) is 0 Å². The van der Waals surface area contributed by atoms with E-state index in [1.54, 1.807) is 5.38 Å². The van der Waals surface area contributed by atoms with Crippen LogP contribution in [0.1, 0.15) is 5.69 Å². The fourth-order valence-corrected chi connectivity index (χ4v) is 3.73. The van der Waals surface area contributed by atoms with Crippen LogP contribution < -0.4 is 21.1 Å². The molecule has 3 amide bonds. The molecule has 2 atom stereocenters. The fraction of sp³-hybridized carbons (Fsp3) is 0.364. The summed E-state index contributed by atoms with van der Waals surface area (Å²) in [4.78, 5) is 43.3. The van der Waals surface area contributed by atoms with Gasteiger partial charge in [-0.15, -0.1) is 23.1 Å². The van der Waals surface area contributed by atoms with Crippen LogP contribution in [0.25, 0.3) is 0 Å². The summed E-state index contributed by atoms with van der Waals surface area (Å²) in [5.41, 5.74) is 6.00. The number of carbonyl (C=O) groups excluding carboxylic acids is 3. The maximum atomic E-state index is 11.7. The van der Waals surface area contributed by atoms with E-state index in [1.165, 1.54) is 16.1 Å². The Morgan fingerprint density at radius 1 is 1.56 bits per heavy atom. The van der Waals surface area contributed by atoms with Gasteiger partial charge in [0.15, 0.2) is 11.7 Å². The molecule has 16 heteroatoms. The quantitative estimate of drug-likeness (QED) is 0.122. The van der Waals surface area contributed by atoms with E-state index >= 15 is 0 Å². The molecule has 0 radical (unpaired) electrons. The summed E-state index contributed by atoms with van der Waals surface area (Å²) in [7, 11) is -4.65. The molecule has 6 N–H and O–H groups in total. The number of nitrogens with zero attached hydrogens (tertiary/aromatic N) is 2. The summed E-state index contributed by atoms with van der Waals surface area (Å²) in [5.74, 6) is -2.54. The van der Waals surface area contributed by atoms with Crippen molar-refractivity contribution < 1.29 is 32.2 Å². The highest BCUT2D eigenvalue weighted by Crippen LogP contribution is 2.19. The van der Waals surface area contributed by atoms with Crippen molar-refractivity contribution >= 4 is 62.5 Å². The van der Waals surface area contributed by atoms with Crippen LogP contribution in [-0.2, 0) is 36.1 Å². The Labute approximate surface area is 161 Å².